The van der Waals surface area contributed by atoms with Gasteiger partial charge in [0.05, 0.1) is 0 Å². The Labute approximate surface area is 298 Å². The van der Waals surface area contributed by atoms with Crippen LogP contribution in [0.2, 0.25) is 0 Å². The summed E-state index contributed by atoms with van der Waals surface area (Å²) in [7, 11) is 0. The summed E-state index contributed by atoms with van der Waals surface area (Å²) in [6, 6.07) is 34.7. The van der Waals surface area contributed by atoms with Crippen LogP contribution in [0, 0.1) is 11.8 Å². The molecule has 0 fully saturated rings. The van der Waals surface area contributed by atoms with E-state index in [-0.39, 0.29) is 0 Å². The molecule has 4 aromatic carbocycles. The van der Waals surface area contributed by atoms with Gasteiger partial charge in [0.1, 0.15) is 0 Å². The molecule has 1 N–H and O–H groups in total. The summed E-state index contributed by atoms with van der Waals surface area (Å²) in [4.78, 5) is 0. The van der Waals surface area contributed by atoms with E-state index < -0.39 is 0 Å². The van der Waals surface area contributed by atoms with Gasteiger partial charge in [-0.2, -0.15) is 0 Å². The molecule has 0 heterocycles. The molecular formula is C49H45N. The molecule has 4 aromatic rings. The van der Waals surface area contributed by atoms with Crippen LogP contribution in [0.3, 0.4) is 0 Å². The largest absolute Gasteiger partial charge is 0.362 e. The zero-order valence-electron chi connectivity index (χ0n) is 29.1. The van der Waals surface area contributed by atoms with Gasteiger partial charge in [-0.1, -0.05) is 172 Å². The van der Waals surface area contributed by atoms with Crippen LogP contribution in [0.1, 0.15) is 60.4 Å². The first-order valence-corrected chi connectivity index (χ1v) is 17.9. The molecule has 0 spiro atoms. The number of fused-ring (bicyclic) bond motifs is 3. The van der Waals surface area contributed by atoms with E-state index in [1.54, 1.807) is 0 Å². The van der Waals surface area contributed by atoms with Gasteiger partial charge in [0.15, 0.2) is 0 Å². The van der Waals surface area contributed by atoms with E-state index in [1.165, 1.54) is 62.1 Å². The van der Waals surface area contributed by atoms with Crippen LogP contribution < -0.4 is 5.32 Å². The first-order valence-electron chi connectivity index (χ1n) is 17.9. The minimum absolute atomic E-state index is 0.433. The third-order valence-electron chi connectivity index (χ3n) is 10.1. The lowest BCUT2D eigenvalue weighted by Gasteiger charge is -2.36. The zero-order chi connectivity index (χ0) is 34.3. The summed E-state index contributed by atoms with van der Waals surface area (Å²) < 4.78 is 0. The number of benzene rings is 4. The number of allylic oxidation sites excluding steroid dienone is 14. The lowest BCUT2D eigenvalue weighted by Crippen LogP contribution is -2.23. The van der Waals surface area contributed by atoms with Gasteiger partial charge >= 0.3 is 0 Å². The molecule has 50 heavy (non-hydrogen) atoms. The lowest BCUT2D eigenvalue weighted by molar-refractivity contribution is 0.473. The van der Waals surface area contributed by atoms with Crippen molar-refractivity contribution < 1.29 is 0 Å². The van der Waals surface area contributed by atoms with Crippen LogP contribution in [0.15, 0.2) is 182 Å². The molecule has 1 heteroatoms. The number of rotatable bonds is 10. The monoisotopic (exact) mass is 647 g/mol. The van der Waals surface area contributed by atoms with Gasteiger partial charge in [0, 0.05) is 17.8 Å². The second-order valence-corrected chi connectivity index (χ2v) is 13.5. The van der Waals surface area contributed by atoms with Gasteiger partial charge in [0.25, 0.3) is 0 Å². The highest BCUT2D eigenvalue weighted by Gasteiger charge is 2.32. The Morgan fingerprint density at radius 1 is 0.860 bits per heavy atom. The average molecular weight is 648 g/mol. The van der Waals surface area contributed by atoms with E-state index in [0.717, 1.165) is 17.7 Å². The SMILES string of the molecule is C=Cc1c(\C=C/C(=C\C=C\Nc2ccc(C3=C4C=CCCC4C4C=CC=CC4=C3)c(-c3ccccc3)c2)c2ccccc2)cccc1C(C)C. The highest BCUT2D eigenvalue weighted by Crippen LogP contribution is 2.47. The van der Waals surface area contributed by atoms with Crippen LogP contribution in [0.4, 0.5) is 5.69 Å². The van der Waals surface area contributed by atoms with Crippen molar-refractivity contribution >= 4 is 29.0 Å². The molecule has 3 aliphatic carbocycles. The number of hydrogen-bond acceptors (Lipinski definition) is 1. The minimum atomic E-state index is 0.433. The second kappa shape index (κ2) is 15.3. The molecule has 0 saturated heterocycles. The predicted molar refractivity (Wildman–Crippen MR) is 217 cm³/mol. The van der Waals surface area contributed by atoms with Crippen molar-refractivity contribution in [2.24, 2.45) is 11.8 Å². The highest BCUT2D eigenvalue weighted by molar-refractivity contribution is 5.91. The molecule has 0 radical (unpaired) electrons. The van der Waals surface area contributed by atoms with Gasteiger partial charge < -0.3 is 5.32 Å². The summed E-state index contributed by atoms with van der Waals surface area (Å²) >= 11 is 0. The maximum atomic E-state index is 4.12. The van der Waals surface area contributed by atoms with Gasteiger partial charge in [-0.15, -0.1) is 0 Å². The number of hydrogen-bond donors (Lipinski definition) is 1. The third kappa shape index (κ3) is 7.05. The second-order valence-electron chi connectivity index (χ2n) is 13.5. The summed E-state index contributed by atoms with van der Waals surface area (Å²) in [5, 5.41) is 3.58. The fourth-order valence-corrected chi connectivity index (χ4v) is 7.56. The number of anilines is 1. The van der Waals surface area contributed by atoms with Crippen molar-refractivity contribution in [3.8, 4) is 11.1 Å². The maximum absolute atomic E-state index is 4.12. The Bertz CT molecular complexity index is 2110. The Morgan fingerprint density at radius 3 is 2.48 bits per heavy atom. The van der Waals surface area contributed by atoms with E-state index in [1.807, 2.05) is 12.3 Å². The van der Waals surface area contributed by atoms with Crippen LogP contribution in [-0.4, -0.2) is 0 Å². The van der Waals surface area contributed by atoms with Crippen molar-refractivity contribution in [1.82, 2.24) is 0 Å². The van der Waals surface area contributed by atoms with Gasteiger partial charge in [-0.05, 0) is 104 Å². The number of nitrogens with one attached hydrogen (secondary N) is 1. The average Bonchev–Trinajstić information content (AvgIpc) is 3.17. The Balaban J connectivity index is 1.21. The minimum Gasteiger partial charge on any atom is -0.362 e. The molecule has 0 aromatic heterocycles. The molecule has 246 valence electrons. The Morgan fingerprint density at radius 2 is 1.68 bits per heavy atom. The van der Waals surface area contributed by atoms with Gasteiger partial charge in [-0.25, -0.2) is 0 Å². The fourth-order valence-electron chi connectivity index (χ4n) is 7.56. The first-order chi connectivity index (χ1) is 24.6. The van der Waals surface area contributed by atoms with E-state index in [2.05, 4.69) is 190 Å². The molecule has 2 unspecified atom stereocenters. The van der Waals surface area contributed by atoms with E-state index >= 15 is 0 Å². The van der Waals surface area contributed by atoms with Gasteiger partial charge in [0.2, 0.25) is 0 Å². The van der Waals surface area contributed by atoms with E-state index in [9.17, 15) is 0 Å². The van der Waals surface area contributed by atoms with Gasteiger partial charge in [-0.3, -0.25) is 0 Å². The predicted octanol–water partition coefficient (Wildman–Crippen LogP) is 13.2. The molecule has 2 atom stereocenters. The molecule has 0 amide bonds. The van der Waals surface area contributed by atoms with Crippen LogP contribution in [0.5, 0.6) is 0 Å². The van der Waals surface area contributed by atoms with Crippen LogP contribution in [-0.2, 0) is 0 Å². The fraction of sp³-hybridized carbons (Fsp3) is 0.143. The molecule has 7 rings (SSSR count). The van der Waals surface area contributed by atoms with Crippen molar-refractivity contribution in [3.05, 3.63) is 210 Å². The molecule has 0 aliphatic heterocycles. The van der Waals surface area contributed by atoms with E-state index in [0.29, 0.717) is 17.8 Å². The third-order valence-corrected chi connectivity index (χ3v) is 10.1. The summed E-state index contributed by atoms with van der Waals surface area (Å²) in [5.74, 6) is 1.42. The zero-order valence-corrected chi connectivity index (χ0v) is 29.1. The quantitative estimate of drug-likeness (QED) is 0.169. The summed E-state index contributed by atoms with van der Waals surface area (Å²) in [6.45, 7) is 8.58. The summed E-state index contributed by atoms with van der Waals surface area (Å²) in [6.07, 6.45) is 31.3. The normalized spacial score (nSPS) is 18.5. The van der Waals surface area contributed by atoms with E-state index in [4.69, 9.17) is 0 Å². The molecular weight excluding hydrogens is 603 g/mol. The first kappa shape index (κ1) is 32.9. The van der Waals surface area contributed by atoms with Crippen molar-refractivity contribution in [3.63, 3.8) is 0 Å². The molecule has 3 aliphatic rings. The van der Waals surface area contributed by atoms with Crippen molar-refractivity contribution in [2.45, 2.75) is 32.6 Å². The molecule has 0 bridgehead atoms. The Hall–Kier alpha value is -5.66. The van der Waals surface area contributed by atoms with Crippen molar-refractivity contribution in [2.75, 3.05) is 5.32 Å². The maximum Gasteiger partial charge on any atom is 0.0386 e. The van der Waals surface area contributed by atoms with Crippen LogP contribution in [0.25, 0.3) is 34.4 Å². The molecule has 0 saturated carbocycles. The summed E-state index contributed by atoms with van der Waals surface area (Å²) in [5.41, 5.74) is 15.0. The topological polar surface area (TPSA) is 12.0 Å². The Kier molecular flexibility index (Phi) is 10.0. The molecule has 1 nitrogen and oxygen atoms in total. The lowest BCUT2D eigenvalue weighted by atomic mass is 9.68. The smallest absolute Gasteiger partial charge is 0.0386 e. The van der Waals surface area contributed by atoms with Crippen LogP contribution >= 0.6 is 0 Å². The standard InChI is InChI=1S/C49H45N/c1-4-42-39(22-15-27-43(42)35(2)3)29-28-37(36-17-7-5-8-18-36)23-16-32-50-41-30-31-47(48(34-41)38-19-9-6-10-20-38)49-33-40-21-11-12-24-44(40)45-25-13-14-26-46(45)49/h4-12,14-24,26-35,44-45,50H,1,13,25H2,2-3H3/b29-28-,32-16+,37-23+. The van der Waals surface area contributed by atoms with Crippen molar-refractivity contribution in [1.29, 1.82) is 0 Å². The highest BCUT2D eigenvalue weighted by atomic mass is 14.8.